The van der Waals surface area contributed by atoms with Gasteiger partial charge in [0.1, 0.15) is 0 Å². The van der Waals surface area contributed by atoms with E-state index < -0.39 is 5.97 Å². The van der Waals surface area contributed by atoms with Gasteiger partial charge >= 0.3 is 5.97 Å². The second kappa shape index (κ2) is 6.72. The van der Waals surface area contributed by atoms with Crippen molar-refractivity contribution in [1.29, 1.82) is 0 Å². The van der Waals surface area contributed by atoms with Crippen molar-refractivity contribution >= 4 is 5.97 Å². The van der Waals surface area contributed by atoms with Crippen molar-refractivity contribution in [1.82, 2.24) is 4.90 Å². The first-order chi connectivity index (χ1) is 8.13. The van der Waals surface area contributed by atoms with Crippen molar-refractivity contribution < 1.29 is 9.90 Å². The fraction of sp³-hybridized carbons (Fsp3) is 0.357. The van der Waals surface area contributed by atoms with Crippen LogP contribution in [0, 0.1) is 11.8 Å². The Hall–Kier alpha value is -1.79. The number of carbonyl (C=O) groups is 1. The number of nitrogens with zero attached hydrogens (tertiary/aromatic N) is 1. The first-order valence-corrected chi connectivity index (χ1v) is 5.54. The predicted octanol–water partition coefficient (Wildman–Crippen LogP) is 2.23. The molecule has 3 heteroatoms. The SMILES string of the molecule is CC#CCCN(C)Cc1ccc(C(=O)O)cc1. The number of carboxylic acid groups (broad SMARTS) is 1. The Balaban J connectivity index is 2.50. The lowest BCUT2D eigenvalue weighted by Crippen LogP contribution is -2.18. The van der Waals surface area contributed by atoms with E-state index in [-0.39, 0.29) is 0 Å². The Kier molecular flexibility index (Phi) is 5.25. The van der Waals surface area contributed by atoms with Gasteiger partial charge in [0.15, 0.2) is 0 Å². The molecule has 1 aromatic rings. The molecule has 1 rings (SSSR count). The van der Waals surface area contributed by atoms with Crippen LogP contribution < -0.4 is 0 Å². The summed E-state index contributed by atoms with van der Waals surface area (Å²) in [5.74, 6) is 5.00. The fourth-order valence-electron chi connectivity index (χ4n) is 1.52. The molecule has 0 amide bonds. The van der Waals surface area contributed by atoms with Crippen LogP contribution in [0.5, 0.6) is 0 Å². The summed E-state index contributed by atoms with van der Waals surface area (Å²) in [5.41, 5.74) is 1.44. The molecule has 0 unspecified atom stereocenters. The lowest BCUT2D eigenvalue weighted by molar-refractivity contribution is 0.0697. The van der Waals surface area contributed by atoms with Gasteiger partial charge in [-0.1, -0.05) is 12.1 Å². The molecule has 0 aromatic heterocycles. The first-order valence-electron chi connectivity index (χ1n) is 5.54. The van der Waals surface area contributed by atoms with Gasteiger partial charge in [0, 0.05) is 19.5 Å². The van der Waals surface area contributed by atoms with Crippen LogP contribution in [0.1, 0.15) is 29.3 Å². The Morgan fingerprint density at radius 3 is 2.53 bits per heavy atom. The molecular weight excluding hydrogens is 214 g/mol. The number of aromatic carboxylic acids is 1. The summed E-state index contributed by atoms with van der Waals surface area (Å²) in [7, 11) is 2.03. The molecule has 3 nitrogen and oxygen atoms in total. The maximum Gasteiger partial charge on any atom is 0.335 e. The van der Waals surface area contributed by atoms with Crippen molar-refractivity contribution in [3.05, 3.63) is 35.4 Å². The maximum absolute atomic E-state index is 10.7. The van der Waals surface area contributed by atoms with Crippen LogP contribution in [0.3, 0.4) is 0 Å². The van der Waals surface area contributed by atoms with Crippen molar-refractivity contribution in [2.75, 3.05) is 13.6 Å². The van der Waals surface area contributed by atoms with E-state index in [1.54, 1.807) is 12.1 Å². The highest BCUT2D eigenvalue weighted by molar-refractivity contribution is 5.87. The van der Waals surface area contributed by atoms with Gasteiger partial charge in [-0.3, -0.25) is 0 Å². The van der Waals surface area contributed by atoms with Crippen LogP contribution in [0.4, 0.5) is 0 Å². The predicted molar refractivity (Wildman–Crippen MR) is 67.8 cm³/mol. The summed E-state index contributed by atoms with van der Waals surface area (Å²) in [6.45, 7) is 3.57. The summed E-state index contributed by atoms with van der Waals surface area (Å²) >= 11 is 0. The Bertz CT molecular complexity index is 426. The number of benzene rings is 1. The second-order valence-electron chi connectivity index (χ2n) is 3.92. The maximum atomic E-state index is 10.7. The lowest BCUT2D eigenvalue weighted by Gasteiger charge is -2.15. The monoisotopic (exact) mass is 231 g/mol. The van der Waals surface area contributed by atoms with Crippen LogP contribution in [-0.2, 0) is 6.54 Å². The normalized spacial score (nSPS) is 9.82. The Morgan fingerprint density at radius 1 is 1.35 bits per heavy atom. The fourth-order valence-corrected chi connectivity index (χ4v) is 1.52. The molecular formula is C14H17NO2. The average molecular weight is 231 g/mol. The number of carboxylic acids is 1. The minimum absolute atomic E-state index is 0.327. The van der Waals surface area contributed by atoms with Gasteiger partial charge in [-0.25, -0.2) is 4.79 Å². The highest BCUT2D eigenvalue weighted by Gasteiger charge is 2.03. The standard InChI is InChI=1S/C14H17NO2/c1-3-4-5-10-15(2)11-12-6-8-13(9-7-12)14(16)17/h6-9H,5,10-11H2,1-2H3,(H,16,17). The summed E-state index contributed by atoms with van der Waals surface area (Å²) in [4.78, 5) is 12.8. The quantitative estimate of drug-likeness (QED) is 0.790. The largest absolute Gasteiger partial charge is 0.478 e. The van der Waals surface area contributed by atoms with Crippen LogP contribution >= 0.6 is 0 Å². The van der Waals surface area contributed by atoms with E-state index in [4.69, 9.17) is 5.11 Å². The molecule has 0 heterocycles. The molecule has 0 fully saturated rings. The Morgan fingerprint density at radius 2 is 2.00 bits per heavy atom. The zero-order valence-corrected chi connectivity index (χ0v) is 10.2. The van der Waals surface area contributed by atoms with E-state index in [0.29, 0.717) is 5.56 Å². The van der Waals surface area contributed by atoms with E-state index in [0.717, 1.165) is 25.1 Å². The van der Waals surface area contributed by atoms with E-state index in [1.807, 2.05) is 26.1 Å². The molecule has 0 bridgehead atoms. The summed E-state index contributed by atoms with van der Waals surface area (Å²) in [5, 5.41) is 8.78. The number of rotatable bonds is 5. The molecule has 0 atom stereocenters. The molecule has 0 saturated carbocycles. The minimum atomic E-state index is -0.886. The average Bonchev–Trinajstić information content (AvgIpc) is 2.30. The smallest absolute Gasteiger partial charge is 0.335 e. The number of hydrogen-bond donors (Lipinski definition) is 1. The zero-order valence-electron chi connectivity index (χ0n) is 10.2. The molecule has 17 heavy (non-hydrogen) atoms. The number of hydrogen-bond acceptors (Lipinski definition) is 2. The van der Waals surface area contributed by atoms with E-state index in [1.165, 1.54) is 0 Å². The van der Waals surface area contributed by atoms with Gasteiger partial charge in [-0.15, -0.1) is 11.8 Å². The molecule has 90 valence electrons. The molecule has 0 aliphatic rings. The Labute approximate surface area is 102 Å². The third kappa shape index (κ3) is 4.71. The van der Waals surface area contributed by atoms with Crippen molar-refractivity contribution in [2.45, 2.75) is 19.9 Å². The van der Waals surface area contributed by atoms with Crippen LogP contribution in [-0.4, -0.2) is 29.6 Å². The van der Waals surface area contributed by atoms with Crippen molar-refractivity contribution in [3.63, 3.8) is 0 Å². The third-order valence-corrected chi connectivity index (χ3v) is 2.45. The van der Waals surface area contributed by atoms with Crippen LogP contribution in [0.15, 0.2) is 24.3 Å². The lowest BCUT2D eigenvalue weighted by atomic mass is 10.1. The van der Waals surface area contributed by atoms with Gasteiger partial charge in [0.25, 0.3) is 0 Å². The van der Waals surface area contributed by atoms with Crippen LogP contribution in [0.25, 0.3) is 0 Å². The van der Waals surface area contributed by atoms with Gasteiger partial charge in [0.05, 0.1) is 5.56 Å². The topological polar surface area (TPSA) is 40.5 Å². The molecule has 1 N–H and O–H groups in total. The summed E-state index contributed by atoms with van der Waals surface area (Å²) in [6.07, 6.45) is 0.861. The van der Waals surface area contributed by atoms with Crippen LogP contribution in [0.2, 0.25) is 0 Å². The third-order valence-electron chi connectivity index (χ3n) is 2.45. The molecule has 0 radical (unpaired) electrons. The summed E-state index contributed by atoms with van der Waals surface area (Å²) < 4.78 is 0. The van der Waals surface area contributed by atoms with Gasteiger partial charge in [-0.05, 0) is 31.7 Å². The second-order valence-corrected chi connectivity index (χ2v) is 3.92. The highest BCUT2D eigenvalue weighted by Crippen LogP contribution is 2.07. The molecule has 0 saturated heterocycles. The molecule has 0 aliphatic heterocycles. The van der Waals surface area contributed by atoms with Crippen molar-refractivity contribution in [3.8, 4) is 11.8 Å². The zero-order chi connectivity index (χ0) is 12.7. The van der Waals surface area contributed by atoms with E-state index >= 15 is 0 Å². The summed E-state index contributed by atoms with van der Waals surface area (Å²) in [6, 6.07) is 6.98. The van der Waals surface area contributed by atoms with Gasteiger partial charge < -0.3 is 10.0 Å². The van der Waals surface area contributed by atoms with E-state index in [2.05, 4.69) is 16.7 Å². The van der Waals surface area contributed by atoms with Crippen molar-refractivity contribution in [2.24, 2.45) is 0 Å². The van der Waals surface area contributed by atoms with E-state index in [9.17, 15) is 4.79 Å². The highest BCUT2D eigenvalue weighted by atomic mass is 16.4. The van der Waals surface area contributed by atoms with Gasteiger partial charge in [0.2, 0.25) is 0 Å². The minimum Gasteiger partial charge on any atom is -0.478 e. The first kappa shape index (κ1) is 13.3. The molecule has 1 aromatic carbocycles. The molecule has 0 aliphatic carbocycles. The molecule has 0 spiro atoms. The van der Waals surface area contributed by atoms with Gasteiger partial charge in [-0.2, -0.15) is 0 Å².